The van der Waals surface area contributed by atoms with Crippen LogP contribution >= 0.6 is 11.9 Å². The van der Waals surface area contributed by atoms with Crippen molar-refractivity contribution >= 4 is 11.9 Å². The van der Waals surface area contributed by atoms with Crippen LogP contribution in [-0.4, -0.2) is 14.2 Å². The van der Waals surface area contributed by atoms with E-state index in [0.29, 0.717) is 0 Å². The van der Waals surface area contributed by atoms with Crippen molar-refractivity contribution in [2.24, 2.45) is 5.14 Å². The minimum absolute atomic E-state index is 0.754. The zero-order valence-electron chi connectivity index (χ0n) is 9.96. The Labute approximate surface area is 96.1 Å². The van der Waals surface area contributed by atoms with E-state index in [0.717, 1.165) is 33.9 Å². The molecule has 0 saturated carbocycles. The predicted octanol–water partition coefficient (Wildman–Crippen LogP) is 3.00. The molecule has 0 radical (unpaired) electrons. The van der Waals surface area contributed by atoms with Crippen molar-refractivity contribution in [1.29, 1.82) is 0 Å². The molecule has 0 saturated heterocycles. The summed E-state index contributed by atoms with van der Waals surface area (Å²) in [6.45, 7) is 5.98. The number of methoxy groups -OCH3 is 2. The first-order valence-corrected chi connectivity index (χ1v) is 5.70. The molecule has 15 heavy (non-hydrogen) atoms. The minimum atomic E-state index is 0.754. The van der Waals surface area contributed by atoms with E-state index in [1.807, 2.05) is 32.9 Å². The minimum Gasteiger partial charge on any atom is -0.495 e. The monoisotopic (exact) mass is 229 g/mol. The van der Waals surface area contributed by atoms with Crippen LogP contribution in [0.2, 0.25) is 0 Å². The summed E-state index contributed by atoms with van der Waals surface area (Å²) in [7, 11) is 3.24. The smallest absolute Gasteiger partial charge is 0.137 e. The van der Waals surface area contributed by atoms with Gasteiger partial charge >= 0.3 is 0 Å². The second kappa shape index (κ2) is 7.43. The van der Waals surface area contributed by atoms with Gasteiger partial charge in [0, 0.05) is 0 Å². The van der Waals surface area contributed by atoms with Gasteiger partial charge in [-0.05, 0) is 36.6 Å². The molecule has 0 unspecified atom stereocenters. The number of benzene rings is 1. The van der Waals surface area contributed by atoms with Crippen LogP contribution in [0, 0.1) is 6.92 Å². The van der Waals surface area contributed by atoms with E-state index in [9.17, 15) is 0 Å². The SMILES string of the molecule is CC.COc1cc(C)cc(OC)c1SN. The van der Waals surface area contributed by atoms with E-state index in [1.54, 1.807) is 14.2 Å². The maximum absolute atomic E-state index is 5.51. The van der Waals surface area contributed by atoms with Crippen molar-refractivity contribution in [2.45, 2.75) is 25.7 Å². The molecule has 1 rings (SSSR count). The summed E-state index contributed by atoms with van der Waals surface area (Å²) < 4.78 is 10.4. The van der Waals surface area contributed by atoms with E-state index >= 15 is 0 Å². The standard InChI is InChI=1S/C9H13NO2S.C2H6/c1-6-4-7(11-2)9(13-10)8(5-6)12-3;1-2/h4-5H,10H2,1-3H3;1-2H3. The average molecular weight is 229 g/mol. The number of nitrogens with two attached hydrogens (primary N) is 1. The van der Waals surface area contributed by atoms with Gasteiger partial charge in [-0.3, -0.25) is 5.14 Å². The van der Waals surface area contributed by atoms with E-state index in [2.05, 4.69) is 0 Å². The molecule has 2 N–H and O–H groups in total. The van der Waals surface area contributed by atoms with Gasteiger partial charge in [0.25, 0.3) is 0 Å². The molecule has 0 bridgehead atoms. The van der Waals surface area contributed by atoms with E-state index < -0.39 is 0 Å². The molecule has 0 aromatic heterocycles. The molecular formula is C11H19NO2S. The average Bonchev–Trinajstić information content (AvgIpc) is 2.30. The summed E-state index contributed by atoms with van der Waals surface area (Å²) in [5.41, 5.74) is 1.09. The van der Waals surface area contributed by atoms with E-state index in [-0.39, 0.29) is 0 Å². The van der Waals surface area contributed by atoms with Crippen molar-refractivity contribution in [3.63, 3.8) is 0 Å². The second-order valence-corrected chi connectivity index (χ2v) is 3.26. The highest BCUT2D eigenvalue weighted by Crippen LogP contribution is 2.36. The van der Waals surface area contributed by atoms with Crippen LogP contribution in [0.15, 0.2) is 17.0 Å². The third-order valence-corrected chi connectivity index (χ3v) is 2.36. The largest absolute Gasteiger partial charge is 0.495 e. The van der Waals surface area contributed by atoms with Crippen molar-refractivity contribution in [3.8, 4) is 11.5 Å². The molecule has 0 aliphatic heterocycles. The number of hydrogen-bond acceptors (Lipinski definition) is 4. The number of hydrogen-bond donors (Lipinski definition) is 1. The maximum atomic E-state index is 5.51. The highest BCUT2D eigenvalue weighted by atomic mass is 32.2. The molecule has 0 aliphatic rings. The van der Waals surface area contributed by atoms with Gasteiger partial charge in [-0.15, -0.1) is 0 Å². The normalized spacial score (nSPS) is 8.93. The Balaban J connectivity index is 0.000000921. The highest BCUT2D eigenvalue weighted by Gasteiger charge is 2.09. The third kappa shape index (κ3) is 3.64. The van der Waals surface area contributed by atoms with Gasteiger partial charge < -0.3 is 9.47 Å². The summed E-state index contributed by atoms with van der Waals surface area (Å²) in [6, 6.07) is 3.86. The van der Waals surface area contributed by atoms with Gasteiger partial charge in [0.1, 0.15) is 16.4 Å². The van der Waals surface area contributed by atoms with Gasteiger partial charge in [-0.2, -0.15) is 0 Å². The third-order valence-electron chi connectivity index (χ3n) is 1.72. The van der Waals surface area contributed by atoms with Gasteiger partial charge in [0.2, 0.25) is 0 Å². The Bertz CT molecular complexity index is 278. The van der Waals surface area contributed by atoms with Crippen LogP contribution in [-0.2, 0) is 0 Å². The number of rotatable bonds is 3. The Morgan fingerprint density at radius 1 is 1.07 bits per heavy atom. The topological polar surface area (TPSA) is 44.5 Å². The predicted molar refractivity (Wildman–Crippen MR) is 65.7 cm³/mol. The summed E-state index contributed by atoms with van der Waals surface area (Å²) in [4.78, 5) is 0.829. The molecule has 86 valence electrons. The Hall–Kier alpha value is -0.870. The summed E-state index contributed by atoms with van der Waals surface area (Å²) in [5.74, 6) is 1.51. The summed E-state index contributed by atoms with van der Waals surface area (Å²) in [5, 5.41) is 5.51. The summed E-state index contributed by atoms with van der Waals surface area (Å²) in [6.07, 6.45) is 0. The van der Waals surface area contributed by atoms with E-state index in [4.69, 9.17) is 14.6 Å². The quantitative estimate of drug-likeness (QED) is 0.809. The highest BCUT2D eigenvalue weighted by molar-refractivity contribution is 7.97. The zero-order valence-corrected chi connectivity index (χ0v) is 10.8. The van der Waals surface area contributed by atoms with Crippen molar-refractivity contribution in [2.75, 3.05) is 14.2 Å². The lowest BCUT2D eigenvalue weighted by Crippen LogP contribution is -1.94. The number of ether oxygens (including phenoxy) is 2. The van der Waals surface area contributed by atoms with Crippen LogP contribution in [0.5, 0.6) is 11.5 Å². The van der Waals surface area contributed by atoms with E-state index in [1.165, 1.54) is 0 Å². The van der Waals surface area contributed by atoms with Crippen LogP contribution < -0.4 is 14.6 Å². The Morgan fingerprint density at radius 2 is 1.47 bits per heavy atom. The lowest BCUT2D eigenvalue weighted by Gasteiger charge is -2.11. The van der Waals surface area contributed by atoms with Crippen molar-refractivity contribution < 1.29 is 9.47 Å². The molecular weight excluding hydrogens is 210 g/mol. The first kappa shape index (κ1) is 14.1. The molecule has 0 fully saturated rings. The van der Waals surface area contributed by atoms with Crippen LogP contribution in [0.1, 0.15) is 19.4 Å². The fraction of sp³-hybridized carbons (Fsp3) is 0.455. The molecule has 0 spiro atoms. The molecule has 0 aliphatic carbocycles. The van der Waals surface area contributed by atoms with Gasteiger partial charge in [-0.1, -0.05) is 13.8 Å². The van der Waals surface area contributed by atoms with Crippen LogP contribution in [0.3, 0.4) is 0 Å². The molecule has 4 heteroatoms. The van der Waals surface area contributed by atoms with Gasteiger partial charge in [0.15, 0.2) is 0 Å². The van der Waals surface area contributed by atoms with Crippen LogP contribution in [0.4, 0.5) is 0 Å². The Kier molecular flexibility index (Phi) is 6.99. The molecule has 1 aromatic rings. The van der Waals surface area contributed by atoms with Crippen molar-refractivity contribution in [3.05, 3.63) is 17.7 Å². The Morgan fingerprint density at radius 3 is 1.73 bits per heavy atom. The molecule has 0 heterocycles. The lowest BCUT2D eigenvalue weighted by atomic mass is 10.2. The number of aryl methyl sites for hydroxylation is 1. The molecule has 0 amide bonds. The second-order valence-electron chi connectivity index (χ2n) is 2.62. The van der Waals surface area contributed by atoms with Gasteiger partial charge in [0.05, 0.1) is 14.2 Å². The fourth-order valence-electron chi connectivity index (χ4n) is 1.13. The molecule has 3 nitrogen and oxygen atoms in total. The lowest BCUT2D eigenvalue weighted by molar-refractivity contribution is 0.376. The van der Waals surface area contributed by atoms with Gasteiger partial charge in [-0.25, -0.2) is 0 Å². The summed E-state index contributed by atoms with van der Waals surface area (Å²) >= 11 is 1.13. The zero-order chi connectivity index (χ0) is 11.8. The molecule has 0 atom stereocenters. The fourth-order valence-corrected chi connectivity index (χ4v) is 1.64. The first-order valence-electron chi connectivity index (χ1n) is 4.82. The first-order chi connectivity index (χ1) is 7.22. The van der Waals surface area contributed by atoms with Crippen molar-refractivity contribution in [1.82, 2.24) is 0 Å². The van der Waals surface area contributed by atoms with Crippen LogP contribution in [0.25, 0.3) is 0 Å². The maximum Gasteiger partial charge on any atom is 0.137 e. The molecule has 1 aromatic carbocycles.